The summed E-state index contributed by atoms with van der Waals surface area (Å²) in [7, 11) is 0. The molecule has 2 aromatic rings. The van der Waals surface area contributed by atoms with Crippen molar-refractivity contribution in [2.45, 2.75) is 37.3 Å². The predicted octanol–water partition coefficient (Wildman–Crippen LogP) is 3.75. The first-order valence-corrected chi connectivity index (χ1v) is 9.92. The fraction of sp³-hybridized carbons (Fsp3) is 0.435. The van der Waals surface area contributed by atoms with Crippen molar-refractivity contribution in [2.75, 3.05) is 25.0 Å². The third kappa shape index (κ3) is 3.85. The molecule has 1 aliphatic heterocycles. The quantitative estimate of drug-likeness (QED) is 0.871. The minimum absolute atomic E-state index is 0.275. The van der Waals surface area contributed by atoms with Crippen molar-refractivity contribution in [3.05, 3.63) is 65.7 Å². The lowest BCUT2D eigenvalue weighted by Gasteiger charge is -2.41. The lowest BCUT2D eigenvalue weighted by Crippen LogP contribution is -2.49. The van der Waals surface area contributed by atoms with Gasteiger partial charge in [0.15, 0.2) is 0 Å². The van der Waals surface area contributed by atoms with Crippen LogP contribution < -0.4 is 5.32 Å². The maximum absolute atomic E-state index is 10.8. The molecule has 0 aromatic heterocycles. The van der Waals surface area contributed by atoms with E-state index >= 15 is 0 Å². The van der Waals surface area contributed by atoms with E-state index in [-0.39, 0.29) is 12.0 Å². The minimum atomic E-state index is -0.490. The van der Waals surface area contributed by atoms with Crippen LogP contribution in [0.4, 0.5) is 5.69 Å². The second-order valence-corrected chi connectivity index (χ2v) is 7.93. The van der Waals surface area contributed by atoms with Crippen LogP contribution in [0.3, 0.4) is 0 Å². The second kappa shape index (κ2) is 7.72. The van der Waals surface area contributed by atoms with Gasteiger partial charge in [0.25, 0.3) is 0 Å². The number of nitrogens with zero attached hydrogens (tertiary/aromatic N) is 2. The van der Waals surface area contributed by atoms with Crippen LogP contribution in [0.15, 0.2) is 54.6 Å². The van der Waals surface area contributed by atoms with E-state index in [4.69, 9.17) is 0 Å². The van der Waals surface area contributed by atoms with Gasteiger partial charge in [-0.05, 0) is 48.9 Å². The van der Waals surface area contributed by atoms with Gasteiger partial charge in [-0.15, -0.1) is 0 Å². The van der Waals surface area contributed by atoms with Crippen molar-refractivity contribution >= 4 is 5.69 Å². The molecule has 2 atom stereocenters. The summed E-state index contributed by atoms with van der Waals surface area (Å²) in [5.74, 6) is 0.275. The van der Waals surface area contributed by atoms with Crippen LogP contribution in [0.25, 0.3) is 0 Å². The Labute approximate surface area is 161 Å². The summed E-state index contributed by atoms with van der Waals surface area (Å²) in [6.07, 6.45) is 3.30. The topological polar surface area (TPSA) is 59.3 Å². The molecule has 0 bridgehead atoms. The first-order valence-electron chi connectivity index (χ1n) is 9.92. The van der Waals surface area contributed by atoms with Gasteiger partial charge in [-0.1, -0.05) is 42.5 Å². The Morgan fingerprint density at radius 3 is 2.52 bits per heavy atom. The highest BCUT2D eigenvalue weighted by Crippen LogP contribution is 2.36. The fourth-order valence-electron chi connectivity index (χ4n) is 4.51. The Morgan fingerprint density at radius 1 is 1.07 bits per heavy atom. The first kappa shape index (κ1) is 18.0. The number of fused-ring (bicyclic) bond motifs is 1. The SMILES string of the molecule is N#CC1(Nc2ccccc2)CCN(CC2CCc3ccccc3C2O)CC1. The van der Waals surface area contributed by atoms with Crippen molar-refractivity contribution in [2.24, 2.45) is 5.92 Å². The summed E-state index contributed by atoms with van der Waals surface area (Å²) >= 11 is 0. The average molecular weight is 361 g/mol. The third-order valence-corrected chi connectivity index (χ3v) is 6.18. The molecule has 0 radical (unpaired) electrons. The number of aliphatic hydroxyl groups excluding tert-OH is 1. The number of para-hydroxylation sites is 1. The molecule has 27 heavy (non-hydrogen) atoms. The third-order valence-electron chi connectivity index (χ3n) is 6.18. The van der Waals surface area contributed by atoms with Gasteiger partial charge in [-0.2, -0.15) is 5.26 Å². The molecule has 0 amide bonds. The van der Waals surface area contributed by atoms with Gasteiger partial charge in [0.1, 0.15) is 5.54 Å². The van der Waals surface area contributed by atoms with E-state index in [9.17, 15) is 10.4 Å². The van der Waals surface area contributed by atoms with Crippen molar-refractivity contribution in [1.82, 2.24) is 4.90 Å². The first-order chi connectivity index (χ1) is 13.2. The highest BCUT2D eigenvalue weighted by Gasteiger charge is 2.36. The number of nitrogens with one attached hydrogen (secondary N) is 1. The van der Waals surface area contributed by atoms with Gasteiger partial charge < -0.3 is 15.3 Å². The zero-order chi connectivity index (χ0) is 18.7. The van der Waals surface area contributed by atoms with E-state index in [1.54, 1.807) is 0 Å². The Balaban J connectivity index is 1.36. The zero-order valence-electron chi connectivity index (χ0n) is 15.6. The van der Waals surface area contributed by atoms with Crippen LogP contribution in [0.5, 0.6) is 0 Å². The van der Waals surface area contributed by atoms with Gasteiger partial charge in [0, 0.05) is 31.2 Å². The Morgan fingerprint density at radius 2 is 1.78 bits per heavy atom. The van der Waals surface area contributed by atoms with E-state index in [0.29, 0.717) is 0 Å². The molecule has 4 rings (SSSR count). The van der Waals surface area contributed by atoms with Gasteiger partial charge >= 0.3 is 0 Å². The number of aliphatic hydroxyl groups is 1. The molecular weight excluding hydrogens is 334 g/mol. The number of hydrogen-bond donors (Lipinski definition) is 2. The minimum Gasteiger partial charge on any atom is -0.388 e. The van der Waals surface area contributed by atoms with E-state index < -0.39 is 5.54 Å². The maximum Gasteiger partial charge on any atom is 0.127 e. The molecule has 1 heterocycles. The standard InChI is InChI=1S/C23H27N3O/c24-17-23(25-20-7-2-1-3-8-20)12-14-26(15-13-23)16-19-11-10-18-6-4-5-9-21(18)22(19)27/h1-9,19,22,25,27H,10-16H2. The monoisotopic (exact) mass is 361 g/mol. The molecule has 4 nitrogen and oxygen atoms in total. The molecule has 0 saturated carbocycles. The summed E-state index contributed by atoms with van der Waals surface area (Å²) in [4.78, 5) is 2.42. The fourth-order valence-corrected chi connectivity index (χ4v) is 4.51. The van der Waals surface area contributed by atoms with Gasteiger partial charge in [0.2, 0.25) is 0 Å². The van der Waals surface area contributed by atoms with E-state index in [1.165, 1.54) is 5.56 Å². The van der Waals surface area contributed by atoms with Crippen LogP contribution in [-0.4, -0.2) is 35.2 Å². The Hall–Kier alpha value is -2.35. The van der Waals surface area contributed by atoms with Crippen LogP contribution in [0.1, 0.15) is 36.5 Å². The van der Waals surface area contributed by atoms with Gasteiger partial charge in [-0.3, -0.25) is 0 Å². The number of anilines is 1. The normalized spacial score (nSPS) is 24.6. The van der Waals surface area contributed by atoms with Crippen molar-refractivity contribution < 1.29 is 5.11 Å². The molecule has 140 valence electrons. The molecule has 1 saturated heterocycles. The number of hydrogen-bond acceptors (Lipinski definition) is 4. The van der Waals surface area contributed by atoms with E-state index in [2.05, 4.69) is 34.5 Å². The molecule has 1 aliphatic carbocycles. The van der Waals surface area contributed by atoms with Crippen LogP contribution in [0, 0.1) is 17.2 Å². The van der Waals surface area contributed by atoms with Crippen molar-refractivity contribution in [3.63, 3.8) is 0 Å². The molecule has 2 aliphatic rings. The molecule has 2 unspecified atom stereocenters. The average Bonchev–Trinajstić information content (AvgIpc) is 2.72. The molecule has 1 fully saturated rings. The lowest BCUT2D eigenvalue weighted by atomic mass is 9.80. The number of piperidine rings is 1. The van der Waals surface area contributed by atoms with Crippen LogP contribution >= 0.6 is 0 Å². The van der Waals surface area contributed by atoms with Gasteiger partial charge in [-0.25, -0.2) is 0 Å². The van der Waals surface area contributed by atoms with E-state index in [1.807, 2.05) is 36.4 Å². The van der Waals surface area contributed by atoms with Crippen LogP contribution in [0.2, 0.25) is 0 Å². The van der Waals surface area contributed by atoms with Gasteiger partial charge in [0.05, 0.1) is 12.2 Å². The Kier molecular flexibility index (Phi) is 5.15. The van der Waals surface area contributed by atoms with Crippen LogP contribution in [-0.2, 0) is 6.42 Å². The number of aryl methyl sites for hydroxylation is 1. The maximum atomic E-state index is 10.8. The highest BCUT2D eigenvalue weighted by atomic mass is 16.3. The Bertz CT molecular complexity index is 806. The number of likely N-dealkylation sites (tertiary alicyclic amines) is 1. The summed E-state index contributed by atoms with van der Waals surface area (Å²) in [5.41, 5.74) is 2.90. The molecular formula is C23H27N3O. The molecule has 2 aromatic carbocycles. The summed E-state index contributed by atoms with van der Waals surface area (Å²) < 4.78 is 0. The summed E-state index contributed by atoms with van der Waals surface area (Å²) in [6.45, 7) is 2.68. The number of nitriles is 1. The molecule has 0 spiro atoms. The largest absolute Gasteiger partial charge is 0.388 e. The molecule has 2 N–H and O–H groups in total. The highest BCUT2D eigenvalue weighted by molar-refractivity contribution is 5.47. The number of benzene rings is 2. The van der Waals surface area contributed by atoms with E-state index in [0.717, 1.165) is 56.6 Å². The predicted molar refractivity (Wildman–Crippen MR) is 107 cm³/mol. The number of rotatable bonds is 4. The second-order valence-electron chi connectivity index (χ2n) is 7.93. The zero-order valence-corrected chi connectivity index (χ0v) is 15.6. The lowest BCUT2D eigenvalue weighted by molar-refractivity contribution is 0.0570. The van der Waals surface area contributed by atoms with Crippen molar-refractivity contribution in [1.29, 1.82) is 5.26 Å². The summed E-state index contributed by atoms with van der Waals surface area (Å²) in [5, 5.41) is 24.0. The molecule has 4 heteroatoms. The smallest absolute Gasteiger partial charge is 0.127 e. The summed E-state index contributed by atoms with van der Waals surface area (Å²) in [6, 6.07) is 20.8. The van der Waals surface area contributed by atoms with Crippen molar-refractivity contribution in [3.8, 4) is 6.07 Å².